The topological polar surface area (TPSA) is 92.1 Å². The summed E-state index contributed by atoms with van der Waals surface area (Å²) in [5.41, 5.74) is -0.858. The van der Waals surface area contributed by atoms with Crippen LogP contribution in [0, 0.1) is 16.7 Å². The number of hydrogen-bond acceptors (Lipinski definition) is 5. The molecule has 1 rings (SSSR count). The van der Waals surface area contributed by atoms with Gasteiger partial charge in [0.1, 0.15) is 9.84 Å². The van der Waals surface area contributed by atoms with Crippen molar-refractivity contribution in [3.63, 3.8) is 0 Å². The molecular formula is C9H15NO4S2. The Bertz CT molecular complexity index is 500. The number of hydrogen-bond donors (Lipinski definition) is 0. The molecule has 1 unspecified atom stereocenters. The number of nitrogens with zero attached hydrogens (tertiary/aromatic N) is 1. The van der Waals surface area contributed by atoms with Crippen LogP contribution in [0.5, 0.6) is 0 Å². The fraction of sp³-hybridized carbons (Fsp3) is 0.889. The van der Waals surface area contributed by atoms with Crippen molar-refractivity contribution in [2.45, 2.75) is 19.3 Å². The van der Waals surface area contributed by atoms with Gasteiger partial charge >= 0.3 is 0 Å². The third-order valence-corrected chi connectivity index (χ3v) is 5.64. The fourth-order valence-corrected chi connectivity index (χ4v) is 4.64. The summed E-state index contributed by atoms with van der Waals surface area (Å²) < 4.78 is 44.4. The van der Waals surface area contributed by atoms with Crippen LogP contribution >= 0.6 is 0 Å². The summed E-state index contributed by atoms with van der Waals surface area (Å²) in [5.74, 6) is -0.0732. The van der Waals surface area contributed by atoms with Crippen molar-refractivity contribution in [3.8, 4) is 6.07 Å². The summed E-state index contributed by atoms with van der Waals surface area (Å²) in [6.07, 6.45) is 2.16. The molecule has 1 fully saturated rings. The summed E-state index contributed by atoms with van der Waals surface area (Å²) in [6.45, 7) is 0. The van der Waals surface area contributed by atoms with Gasteiger partial charge in [0, 0.05) is 12.0 Å². The maximum Gasteiger partial charge on any atom is 0.151 e. The molecule has 1 atom stereocenters. The molecule has 5 nitrogen and oxygen atoms in total. The van der Waals surface area contributed by atoms with Crippen LogP contribution in [0.1, 0.15) is 19.3 Å². The standard InChI is InChI=1S/C9H15NO4S2/c1-15(11,12)5-2-3-9(7-10)4-6-16(13,14)8-9/h2-6,8H2,1H3. The summed E-state index contributed by atoms with van der Waals surface area (Å²) in [5, 5.41) is 9.01. The lowest BCUT2D eigenvalue weighted by Gasteiger charge is -2.17. The van der Waals surface area contributed by atoms with E-state index >= 15 is 0 Å². The first-order valence-corrected chi connectivity index (χ1v) is 8.86. The lowest BCUT2D eigenvalue weighted by atomic mass is 9.85. The molecule has 0 bridgehead atoms. The molecule has 16 heavy (non-hydrogen) atoms. The minimum absolute atomic E-state index is 0.0104. The van der Waals surface area contributed by atoms with Gasteiger partial charge < -0.3 is 0 Å². The Morgan fingerprint density at radius 2 is 2.06 bits per heavy atom. The zero-order chi connectivity index (χ0) is 12.4. The van der Waals surface area contributed by atoms with Crippen molar-refractivity contribution < 1.29 is 16.8 Å². The largest absolute Gasteiger partial charge is 0.229 e. The quantitative estimate of drug-likeness (QED) is 0.721. The predicted octanol–water partition coefficient (Wildman–Crippen LogP) is 0.140. The van der Waals surface area contributed by atoms with Crippen LogP contribution in [0.3, 0.4) is 0 Å². The van der Waals surface area contributed by atoms with Crippen molar-refractivity contribution in [2.75, 3.05) is 23.5 Å². The molecule has 0 aromatic heterocycles. The maximum absolute atomic E-state index is 11.3. The molecule has 0 aromatic carbocycles. The Morgan fingerprint density at radius 3 is 2.44 bits per heavy atom. The summed E-state index contributed by atoms with van der Waals surface area (Å²) in [7, 11) is -6.14. The lowest BCUT2D eigenvalue weighted by Crippen LogP contribution is -2.21. The Kier molecular flexibility index (Phi) is 3.65. The van der Waals surface area contributed by atoms with Gasteiger partial charge in [-0.25, -0.2) is 16.8 Å². The van der Waals surface area contributed by atoms with Gasteiger partial charge in [-0.3, -0.25) is 0 Å². The fourth-order valence-electron chi connectivity index (χ4n) is 1.93. The van der Waals surface area contributed by atoms with E-state index in [1.165, 1.54) is 0 Å². The van der Waals surface area contributed by atoms with Crippen molar-refractivity contribution >= 4 is 19.7 Å². The molecule has 0 spiro atoms. The highest BCUT2D eigenvalue weighted by Gasteiger charge is 2.42. The Hall–Kier alpha value is -0.610. The molecule has 0 aromatic rings. The van der Waals surface area contributed by atoms with Crippen LogP contribution in [0.15, 0.2) is 0 Å². The van der Waals surface area contributed by atoms with E-state index in [4.69, 9.17) is 5.26 Å². The second-order valence-electron chi connectivity index (χ2n) is 4.47. The molecule has 0 radical (unpaired) electrons. The third-order valence-electron chi connectivity index (χ3n) is 2.80. The average molecular weight is 265 g/mol. The first-order chi connectivity index (χ1) is 7.18. The van der Waals surface area contributed by atoms with E-state index in [2.05, 4.69) is 0 Å². The van der Waals surface area contributed by atoms with Crippen molar-refractivity contribution in [2.24, 2.45) is 5.41 Å². The minimum atomic E-state index is -3.10. The van der Waals surface area contributed by atoms with Gasteiger partial charge in [0.2, 0.25) is 0 Å². The molecule has 0 aliphatic carbocycles. The highest BCUT2D eigenvalue weighted by atomic mass is 32.2. The van der Waals surface area contributed by atoms with Crippen LogP contribution < -0.4 is 0 Å². The maximum atomic E-state index is 11.3. The molecule has 1 saturated heterocycles. The van der Waals surface area contributed by atoms with Crippen LogP contribution in [-0.2, 0) is 19.7 Å². The van der Waals surface area contributed by atoms with E-state index in [1.807, 2.05) is 6.07 Å². The van der Waals surface area contributed by atoms with E-state index in [0.29, 0.717) is 19.3 Å². The van der Waals surface area contributed by atoms with E-state index in [0.717, 1.165) is 6.26 Å². The van der Waals surface area contributed by atoms with Gasteiger partial charge in [-0.15, -0.1) is 0 Å². The van der Waals surface area contributed by atoms with Crippen LogP contribution in [0.2, 0.25) is 0 Å². The summed E-state index contributed by atoms with van der Waals surface area (Å²) in [4.78, 5) is 0. The monoisotopic (exact) mass is 265 g/mol. The zero-order valence-electron chi connectivity index (χ0n) is 9.14. The second kappa shape index (κ2) is 4.34. The highest BCUT2D eigenvalue weighted by Crippen LogP contribution is 2.36. The van der Waals surface area contributed by atoms with Gasteiger partial charge in [-0.05, 0) is 19.3 Å². The molecule has 1 heterocycles. The Morgan fingerprint density at radius 1 is 1.44 bits per heavy atom. The predicted molar refractivity (Wildman–Crippen MR) is 60.3 cm³/mol. The lowest BCUT2D eigenvalue weighted by molar-refractivity contribution is 0.411. The molecule has 92 valence electrons. The molecular weight excluding hydrogens is 250 g/mol. The van der Waals surface area contributed by atoms with E-state index in [9.17, 15) is 16.8 Å². The third kappa shape index (κ3) is 3.76. The molecule has 0 amide bonds. The van der Waals surface area contributed by atoms with Crippen LogP contribution in [0.25, 0.3) is 0 Å². The van der Waals surface area contributed by atoms with Gasteiger partial charge in [0.15, 0.2) is 9.84 Å². The molecule has 1 aliphatic heterocycles. The van der Waals surface area contributed by atoms with Crippen molar-refractivity contribution in [1.29, 1.82) is 5.26 Å². The second-order valence-corrected chi connectivity index (χ2v) is 8.91. The van der Waals surface area contributed by atoms with E-state index in [-0.39, 0.29) is 17.3 Å². The summed E-state index contributed by atoms with van der Waals surface area (Å²) in [6, 6.07) is 2.05. The first-order valence-electron chi connectivity index (χ1n) is 4.98. The number of nitriles is 1. The van der Waals surface area contributed by atoms with Crippen LogP contribution in [-0.4, -0.2) is 40.3 Å². The normalized spacial score (nSPS) is 28.8. The van der Waals surface area contributed by atoms with E-state index in [1.54, 1.807) is 0 Å². The van der Waals surface area contributed by atoms with Crippen molar-refractivity contribution in [3.05, 3.63) is 0 Å². The molecule has 7 heteroatoms. The van der Waals surface area contributed by atoms with Gasteiger partial charge in [-0.2, -0.15) is 5.26 Å². The Balaban J connectivity index is 2.62. The smallest absolute Gasteiger partial charge is 0.151 e. The van der Waals surface area contributed by atoms with Crippen LogP contribution in [0.4, 0.5) is 0 Å². The zero-order valence-corrected chi connectivity index (χ0v) is 10.8. The van der Waals surface area contributed by atoms with Gasteiger partial charge in [0.05, 0.1) is 23.0 Å². The first kappa shape index (κ1) is 13.5. The Labute approximate surface area is 96.3 Å². The SMILES string of the molecule is CS(=O)(=O)CCCC1(C#N)CCS(=O)(=O)C1. The van der Waals surface area contributed by atoms with Gasteiger partial charge in [-0.1, -0.05) is 0 Å². The molecule has 1 aliphatic rings. The molecule has 0 N–H and O–H groups in total. The highest BCUT2D eigenvalue weighted by molar-refractivity contribution is 7.91. The summed E-state index contributed by atoms with van der Waals surface area (Å²) >= 11 is 0. The minimum Gasteiger partial charge on any atom is -0.229 e. The molecule has 0 saturated carbocycles. The number of sulfone groups is 2. The average Bonchev–Trinajstić information content (AvgIpc) is 2.41. The van der Waals surface area contributed by atoms with Crippen molar-refractivity contribution in [1.82, 2.24) is 0 Å². The number of rotatable bonds is 4. The van der Waals surface area contributed by atoms with E-state index < -0.39 is 25.1 Å². The van der Waals surface area contributed by atoms with Gasteiger partial charge in [0.25, 0.3) is 0 Å².